The first-order chi connectivity index (χ1) is 10.7. The fourth-order valence-electron chi connectivity index (χ4n) is 3.95. The molecule has 2 aliphatic carbocycles. The summed E-state index contributed by atoms with van der Waals surface area (Å²) >= 11 is 0. The predicted molar refractivity (Wildman–Crippen MR) is 82.8 cm³/mol. The molecular formula is C17H20N4O. The lowest BCUT2D eigenvalue weighted by atomic mass is 9.95. The molecule has 0 saturated heterocycles. The number of carbonyl (C=O) groups is 1. The zero-order valence-electron chi connectivity index (χ0n) is 12.7. The van der Waals surface area contributed by atoms with Crippen LogP contribution in [-0.2, 0) is 0 Å². The first kappa shape index (κ1) is 13.5. The van der Waals surface area contributed by atoms with E-state index >= 15 is 0 Å². The Balaban J connectivity index is 1.52. The molecule has 5 heteroatoms. The van der Waals surface area contributed by atoms with E-state index in [1.807, 2.05) is 37.3 Å². The summed E-state index contributed by atoms with van der Waals surface area (Å²) < 4.78 is 1.72. The van der Waals surface area contributed by atoms with Crippen LogP contribution >= 0.6 is 0 Å². The highest BCUT2D eigenvalue weighted by Gasteiger charge is 2.40. The molecule has 1 aromatic heterocycles. The molecule has 114 valence electrons. The molecule has 1 N–H and O–H groups in total. The van der Waals surface area contributed by atoms with Crippen molar-refractivity contribution in [3.05, 3.63) is 42.0 Å². The van der Waals surface area contributed by atoms with Crippen molar-refractivity contribution in [2.75, 3.05) is 0 Å². The second-order valence-electron chi connectivity index (χ2n) is 6.48. The van der Waals surface area contributed by atoms with E-state index in [2.05, 4.69) is 15.4 Å². The Bertz CT molecular complexity index is 694. The van der Waals surface area contributed by atoms with Gasteiger partial charge in [-0.25, -0.2) is 9.67 Å². The van der Waals surface area contributed by atoms with Gasteiger partial charge in [0, 0.05) is 6.04 Å². The zero-order chi connectivity index (χ0) is 15.1. The van der Waals surface area contributed by atoms with Gasteiger partial charge in [-0.1, -0.05) is 24.6 Å². The molecule has 0 aliphatic heterocycles. The van der Waals surface area contributed by atoms with Crippen molar-refractivity contribution >= 4 is 5.91 Å². The minimum absolute atomic E-state index is 0.143. The number of rotatable bonds is 3. The fourth-order valence-corrected chi connectivity index (χ4v) is 3.95. The Morgan fingerprint density at radius 1 is 1.23 bits per heavy atom. The molecule has 1 aromatic carbocycles. The highest BCUT2D eigenvalue weighted by Crippen LogP contribution is 2.44. The molecule has 4 rings (SSSR count). The number of para-hydroxylation sites is 1. The Morgan fingerprint density at radius 2 is 2.05 bits per heavy atom. The first-order valence-corrected chi connectivity index (χ1v) is 8.00. The van der Waals surface area contributed by atoms with E-state index < -0.39 is 0 Å². The average Bonchev–Trinajstić information content (AvgIpc) is 3.23. The van der Waals surface area contributed by atoms with E-state index in [4.69, 9.17) is 0 Å². The summed E-state index contributed by atoms with van der Waals surface area (Å²) in [4.78, 5) is 16.8. The van der Waals surface area contributed by atoms with Crippen LogP contribution in [0.15, 0.2) is 30.3 Å². The van der Waals surface area contributed by atoms with Crippen LogP contribution in [0.2, 0.25) is 0 Å². The molecule has 3 unspecified atom stereocenters. The van der Waals surface area contributed by atoms with Crippen LogP contribution in [0.4, 0.5) is 0 Å². The number of carbonyl (C=O) groups excluding carboxylic acids is 1. The monoisotopic (exact) mass is 296 g/mol. The van der Waals surface area contributed by atoms with Gasteiger partial charge in [0.25, 0.3) is 5.91 Å². The third-order valence-electron chi connectivity index (χ3n) is 5.03. The van der Waals surface area contributed by atoms with Gasteiger partial charge in [0.05, 0.1) is 5.69 Å². The Hall–Kier alpha value is -2.17. The summed E-state index contributed by atoms with van der Waals surface area (Å²) in [6, 6.07) is 10.1. The predicted octanol–water partition coefficient (Wildman–Crippen LogP) is 2.49. The molecule has 2 aromatic rings. The van der Waals surface area contributed by atoms with Crippen molar-refractivity contribution in [2.24, 2.45) is 11.8 Å². The van der Waals surface area contributed by atoms with Gasteiger partial charge in [0.15, 0.2) is 0 Å². The van der Waals surface area contributed by atoms with Crippen LogP contribution in [0.3, 0.4) is 0 Å². The Morgan fingerprint density at radius 3 is 2.73 bits per heavy atom. The van der Waals surface area contributed by atoms with Gasteiger partial charge in [-0.05, 0) is 50.2 Å². The Kier molecular flexibility index (Phi) is 3.21. The lowest BCUT2D eigenvalue weighted by Crippen LogP contribution is -2.39. The van der Waals surface area contributed by atoms with Crippen molar-refractivity contribution < 1.29 is 4.79 Å². The van der Waals surface area contributed by atoms with Crippen molar-refractivity contribution in [2.45, 2.75) is 38.6 Å². The molecule has 2 bridgehead atoms. The maximum Gasteiger partial charge on any atom is 0.291 e. The zero-order valence-corrected chi connectivity index (χ0v) is 12.7. The van der Waals surface area contributed by atoms with Gasteiger partial charge >= 0.3 is 0 Å². The Labute approximate surface area is 129 Å². The summed E-state index contributed by atoms with van der Waals surface area (Å²) in [5.41, 5.74) is 0.923. The lowest BCUT2D eigenvalue weighted by molar-refractivity contribution is 0.0912. The van der Waals surface area contributed by atoms with Crippen LogP contribution in [-0.4, -0.2) is 26.7 Å². The number of aromatic nitrogens is 3. The van der Waals surface area contributed by atoms with Gasteiger partial charge in [-0.2, -0.15) is 0 Å². The number of benzene rings is 1. The smallest absolute Gasteiger partial charge is 0.291 e. The van der Waals surface area contributed by atoms with E-state index in [0.717, 1.165) is 23.9 Å². The average molecular weight is 296 g/mol. The van der Waals surface area contributed by atoms with E-state index in [9.17, 15) is 4.79 Å². The number of aryl methyl sites for hydroxylation is 1. The van der Waals surface area contributed by atoms with Crippen molar-refractivity contribution in [1.29, 1.82) is 0 Å². The molecular weight excluding hydrogens is 276 g/mol. The second-order valence-corrected chi connectivity index (χ2v) is 6.48. The molecule has 3 atom stereocenters. The normalized spacial score (nSPS) is 26.3. The fraction of sp³-hybridized carbons (Fsp3) is 0.471. The summed E-state index contributed by atoms with van der Waals surface area (Å²) in [7, 11) is 0. The largest absolute Gasteiger partial charge is 0.346 e. The first-order valence-electron chi connectivity index (χ1n) is 8.00. The number of nitrogens with zero attached hydrogens (tertiary/aromatic N) is 3. The number of fused-ring (bicyclic) bond motifs is 2. The highest BCUT2D eigenvalue weighted by molar-refractivity contribution is 5.90. The van der Waals surface area contributed by atoms with E-state index in [-0.39, 0.29) is 11.7 Å². The van der Waals surface area contributed by atoms with Gasteiger partial charge in [-0.3, -0.25) is 4.79 Å². The number of nitrogens with one attached hydrogen (secondary N) is 1. The minimum Gasteiger partial charge on any atom is -0.346 e. The maximum absolute atomic E-state index is 12.4. The van der Waals surface area contributed by atoms with E-state index in [1.54, 1.807) is 4.68 Å². The van der Waals surface area contributed by atoms with Gasteiger partial charge in [0.1, 0.15) is 5.82 Å². The van der Waals surface area contributed by atoms with Crippen LogP contribution in [0.5, 0.6) is 0 Å². The molecule has 1 amide bonds. The van der Waals surface area contributed by atoms with Gasteiger partial charge in [0.2, 0.25) is 5.82 Å². The topological polar surface area (TPSA) is 59.8 Å². The summed E-state index contributed by atoms with van der Waals surface area (Å²) in [6.07, 6.45) is 4.97. The van der Waals surface area contributed by atoms with Crippen LogP contribution in [0.25, 0.3) is 5.69 Å². The molecule has 22 heavy (non-hydrogen) atoms. The summed E-state index contributed by atoms with van der Waals surface area (Å²) in [5, 5.41) is 7.52. The van der Waals surface area contributed by atoms with Gasteiger partial charge < -0.3 is 5.32 Å². The maximum atomic E-state index is 12.4. The number of hydrogen-bond acceptors (Lipinski definition) is 3. The molecule has 2 fully saturated rings. The third kappa shape index (κ3) is 2.30. The highest BCUT2D eigenvalue weighted by atomic mass is 16.2. The van der Waals surface area contributed by atoms with Crippen LogP contribution in [0.1, 0.15) is 42.1 Å². The summed E-state index contributed by atoms with van der Waals surface area (Å²) in [5.74, 6) is 2.32. The van der Waals surface area contributed by atoms with Crippen molar-refractivity contribution in [3.8, 4) is 5.69 Å². The summed E-state index contributed by atoms with van der Waals surface area (Å²) in [6.45, 7) is 1.87. The second kappa shape index (κ2) is 5.23. The van der Waals surface area contributed by atoms with Crippen LogP contribution < -0.4 is 5.32 Å². The molecule has 5 nitrogen and oxygen atoms in total. The third-order valence-corrected chi connectivity index (χ3v) is 5.03. The van der Waals surface area contributed by atoms with E-state index in [0.29, 0.717) is 12.0 Å². The van der Waals surface area contributed by atoms with Crippen molar-refractivity contribution in [1.82, 2.24) is 20.1 Å². The van der Waals surface area contributed by atoms with Crippen molar-refractivity contribution in [3.63, 3.8) is 0 Å². The van der Waals surface area contributed by atoms with Gasteiger partial charge in [-0.15, -0.1) is 5.10 Å². The standard InChI is InChI=1S/C17H20N4O/c1-11-18-16(20-21(11)14-5-3-2-4-6-14)17(22)19-15-10-12-7-8-13(15)9-12/h2-6,12-13,15H,7-10H2,1H3,(H,19,22). The molecule has 1 heterocycles. The van der Waals surface area contributed by atoms with E-state index in [1.165, 1.54) is 19.3 Å². The molecule has 0 radical (unpaired) electrons. The molecule has 2 aliphatic rings. The number of hydrogen-bond donors (Lipinski definition) is 1. The quantitative estimate of drug-likeness (QED) is 0.946. The lowest BCUT2D eigenvalue weighted by Gasteiger charge is -2.22. The SMILES string of the molecule is Cc1nc(C(=O)NC2CC3CCC2C3)nn1-c1ccccc1. The molecule has 2 saturated carbocycles. The number of amides is 1. The molecule has 0 spiro atoms. The van der Waals surface area contributed by atoms with Crippen LogP contribution in [0, 0.1) is 18.8 Å². The minimum atomic E-state index is -0.143.